The fourth-order valence-electron chi connectivity index (χ4n) is 2.86. The highest BCUT2D eigenvalue weighted by Crippen LogP contribution is 2.33. The largest absolute Gasteiger partial charge is 0.313 e. The molecule has 1 aromatic carbocycles. The summed E-state index contributed by atoms with van der Waals surface area (Å²) in [4.78, 5) is 2.55. The Morgan fingerprint density at radius 2 is 2.14 bits per heavy atom. The molecule has 0 bridgehead atoms. The van der Waals surface area contributed by atoms with Gasteiger partial charge >= 0.3 is 0 Å². The Labute approximate surface area is 142 Å². The van der Waals surface area contributed by atoms with Gasteiger partial charge in [-0.05, 0) is 38.9 Å². The molecule has 1 heterocycles. The Morgan fingerprint density at radius 1 is 1.38 bits per heavy atom. The Kier molecular flexibility index (Phi) is 6.27. The number of benzene rings is 1. The molecular formula is C16H24Cl2N2S. The van der Waals surface area contributed by atoms with Gasteiger partial charge in [-0.3, -0.25) is 0 Å². The van der Waals surface area contributed by atoms with Crippen LogP contribution in [0.1, 0.15) is 31.9 Å². The summed E-state index contributed by atoms with van der Waals surface area (Å²) >= 11 is 14.5. The number of nitrogens with zero attached hydrogens (tertiary/aromatic N) is 1. The average molecular weight is 347 g/mol. The van der Waals surface area contributed by atoms with E-state index in [0.717, 1.165) is 25.1 Å². The zero-order valence-corrected chi connectivity index (χ0v) is 15.3. The van der Waals surface area contributed by atoms with Gasteiger partial charge in [-0.25, -0.2) is 0 Å². The molecule has 2 nitrogen and oxygen atoms in total. The van der Waals surface area contributed by atoms with Gasteiger partial charge < -0.3 is 10.2 Å². The molecule has 1 saturated heterocycles. The summed E-state index contributed by atoms with van der Waals surface area (Å²) in [5, 5.41) is 4.68. The van der Waals surface area contributed by atoms with Crippen LogP contribution in [-0.2, 0) is 0 Å². The molecule has 2 rings (SSSR count). The third-order valence-corrected chi connectivity index (χ3v) is 6.07. The van der Waals surface area contributed by atoms with Gasteiger partial charge in [0, 0.05) is 36.2 Å². The Morgan fingerprint density at radius 3 is 2.81 bits per heavy atom. The Bertz CT molecular complexity index is 479. The molecule has 0 aliphatic carbocycles. The highest BCUT2D eigenvalue weighted by atomic mass is 35.5. The summed E-state index contributed by atoms with van der Waals surface area (Å²) in [6.45, 7) is 8.06. The molecule has 0 aromatic heterocycles. The molecule has 0 radical (unpaired) electrons. The molecule has 1 unspecified atom stereocenters. The van der Waals surface area contributed by atoms with E-state index in [1.807, 2.05) is 19.2 Å². The molecule has 1 aromatic rings. The fraction of sp³-hybridized carbons (Fsp3) is 0.625. The quantitative estimate of drug-likeness (QED) is 0.846. The van der Waals surface area contributed by atoms with Crippen molar-refractivity contribution < 1.29 is 0 Å². The topological polar surface area (TPSA) is 15.3 Å². The third kappa shape index (κ3) is 4.77. The van der Waals surface area contributed by atoms with E-state index in [1.165, 1.54) is 12.3 Å². The van der Waals surface area contributed by atoms with E-state index < -0.39 is 0 Å². The van der Waals surface area contributed by atoms with Gasteiger partial charge in [0.05, 0.1) is 10.0 Å². The SMILES string of the molecule is CNC(CCN1CCSC(C)(C)C1)c1cccc(Cl)c1Cl. The van der Waals surface area contributed by atoms with Crippen molar-refractivity contribution in [3.8, 4) is 0 Å². The summed E-state index contributed by atoms with van der Waals surface area (Å²) < 4.78 is 0.362. The molecule has 0 amide bonds. The number of hydrogen-bond acceptors (Lipinski definition) is 3. The minimum absolute atomic E-state index is 0.244. The first kappa shape index (κ1) is 17.4. The van der Waals surface area contributed by atoms with Crippen LogP contribution >= 0.6 is 35.0 Å². The maximum atomic E-state index is 6.34. The van der Waals surface area contributed by atoms with Crippen LogP contribution in [0.4, 0.5) is 0 Å². The molecule has 1 N–H and O–H groups in total. The lowest BCUT2D eigenvalue weighted by Crippen LogP contribution is -2.44. The molecule has 1 fully saturated rings. The lowest BCUT2D eigenvalue weighted by molar-refractivity contribution is 0.247. The maximum absolute atomic E-state index is 6.34. The van der Waals surface area contributed by atoms with Crippen LogP contribution in [0.3, 0.4) is 0 Å². The van der Waals surface area contributed by atoms with Gasteiger partial charge in [-0.15, -0.1) is 0 Å². The normalized spacial score (nSPS) is 20.4. The van der Waals surface area contributed by atoms with Gasteiger partial charge in [0.25, 0.3) is 0 Å². The molecule has 21 heavy (non-hydrogen) atoms. The van der Waals surface area contributed by atoms with E-state index in [2.05, 4.69) is 41.9 Å². The number of halogens is 2. The number of hydrogen-bond donors (Lipinski definition) is 1. The lowest BCUT2D eigenvalue weighted by Gasteiger charge is -2.38. The van der Waals surface area contributed by atoms with Crippen molar-refractivity contribution in [3.05, 3.63) is 33.8 Å². The average Bonchev–Trinajstić information content (AvgIpc) is 2.43. The number of thioether (sulfide) groups is 1. The number of nitrogens with one attached hydrogen (secondary N) is 1. The van der Waals surface area contributed by atoms with Gasteiger partial charge in [0.2, 0.25) is 0 Å². The summed E-state index contributed by atoms with van der Waals surface area (Å²) in [6, 6.07) is 6.11. The van der Waals surface area contributed by atoms with Crippen LogP contribution < -0.4 is 5.32 Å². The summed E-state index contributed by atoms with van der Waals surface area (Å²) in [6.07, 6.45) is 1.04. The van der Waals surface area contributed by atoms with Crippen LogP contribution in [0.2, 0.25) is 10.0 Å². The van der Waals surface area contributed by atoms with Crippen molar-refractivity contribution in [1.82, 2.24) is 10.2 Å². The van der Waals surface area contributed by atoms with Crippen molar-refractivity contribution >= 4 is 35.0 Å². The van der Waals surface area contributed by atoms with Crippen molar-refractivity contribution in [2.75, 3.05) is 32.4 Å². The molecule has 118 valence electrons. The van der Waals surface area contributed by atoms with Crippen molar-refractivity contribution in [2.45, 2.75) is 31.1 Å². The van der Waals surface area contributed by atoms with Gasteiger partial charge in [0.15, 0.2) is 0 Å². The molecule has 1 aliphatic heterocycles. The van der Waals surface area contributed by atoms with E-state index in [1.54, 1.807) is 0 Å². The van der Waals surface area contributed by atoms with Gasteiger partial charge in [0.1, 0.15) is 0 Å². The lowest BCUT2D eigenvalue weighted by atomic mass is 10.0. The first-order chi connectivity index (χ1) is 9.93. The number of rotatable bonds is 5. The van der Waals surface area contributed by atoms with Crippen LogP contribution in [-0.4, -0.2) is 42.1 Å². The van der Waals surface area contributed by atoms with Crippen molar-refractivity contribution in [3.63, 3.8) is 0 Å². The first-order valence-corrected chi connectivity index (χ1v) is 9.14. The highest BCUT2D eigenvalue weighted by molar-refractivity contribution is 8.00. The summed E-state index contributed by atoms with van der Waals surface area (Å²) in [7, 11) is 1.98. The van der Waals surface area contributed by atoms with Crippen LogP contribution in [0.25, 0.3) is 0 Å². The molecule has 0 spiro atoms. The molecule has 5 heteroatoms. The first-order valence-electron chi connectivity index (χ1n) is 7.40. The smallest absolute Gasteiger partial charge is 0.0640 e. The predicted molar refractivity (Wildman–Crippen MR) is 95.9 cm³/mol. The van der Waals surface area contributed by atoms with Crippen LogP contribution in [0, 0.1) is 0 Å². The third-order valence-electron chi connectivity index (χ3n) is 3.94. The van der Waals surface area contributed by atoms with Gasteiger partial charge in [-0.1, -0.05) is 35.3 Å². The standard InChI is InChI=1S/C16H24Cl2N2S/c1-16(2)11-20(9-10-21-16)8-7-14(19-3)12-5-4-6-13(17)15(12)18/h4-6,14,19H,7-11H2,1-3H3. The predicted octanol–water partition coefficient (Wildman–Crippen LogP) is 4.47. The van der Waals surface area contributed by atoms with Crippen LogP contribution in [0.5, 0.6) is 0 Å². The molecule has 0 saturated carbocycles. The van der Waals surface area contributed by atoms with Crippen molar-refractivity contribution in [2.24, 2.45) is 0 Å². The maximum Gasteiger partial charge on any atom is 0.0640 e. The summed E-state index contributed by atoms with van der Waals surface area (Å²) in [5.41, 5.74) is 1.09. The molecular weight excluding hydrogens is 323 g/mol. The zero-order valence-electron chi connectivity index (χ0n) is 13.0. The van der Waals surface area contributed by atoms with E-state index in [4.69, 9.17) is 23.2 Å². The van der Waals surface area contributed by atoms with E-state index >= 15 is 0 Å². The zero-order chi connectivity index (χ0) is 15.5. The van der Waals surface area contributed by atoms with Crippen molar-refractivity contribution in [1.29, 1.82) is 0 Å². The summed E-state index contributed by atoms with van der Waals surface area (Å²) in [5.74, 6) is 1.22. The highest BCUT2D eigenvalue weighted by Gasteiger charge is 2.27. The molecule has 1 aliphatic rings. The Balaban J connectivity index is 1.98. The van der Waals surface area contributed by atoms with E-state index in [-0.39, 0.29) is 6.04 Å². The van der Waals surface area contributed by atoms with E-state index in [0.29, 0.717) is 14.8 Å². The Hall–Kier alpha value is 0.0700. The fourth-order valence-corrected chi connectivity index (χ4v) is 4.48. The minimum atomic E-state index is 0.244. The molecule has 1 atom stereocenters. The monoisotopic (exact) mass is 346 g/mol. The van der Waals surface area contributed by atoms with Gasteiger partial charge in [-0.2, -0.15) is 11.8 Å². The second-order valence-electron chi connectivity index (χ2n) is 6.16. The minimum Gasteiger partial charge on any atom is -0.313 e. The second-order valence-corrected chi connectivity index (χ2v) is 8.74. The van der Waals surface area contributed by atoms with Crippen LogP contribution in [0.15, 0.2) is 18.2 Å². The second kappa shape index (κ2) is 7.56. The van der Waals surface area contributed by atoms with E-state index in [9.17, 15) is 0 Å².